The lowest BCUT2D eigenvalue weighted by molar-refractivity contribution is -0.143. The largest absolute Gasteiger partial charge is 0.508 e. The standard InChI is InChI=1S/C13H19NO2.C12H16O3.C4H10.C2H4/c1-9(2)8-14-13(16)10(3)11-4-6-12(15)7-5-11;1-9(2)8-15-12(14)7-10-3-5-11(13)6-4-10;1-4(2)3;1-2/h4-7,9-10,15H,8H2,1-3H3,(H,14,16);3-6,9,13H,7-8H2,1-2H3;4H,1-3H3;1-2H2. The third-order valence-electron chi connectivity index (χ3n) is 4.33. The summed E-state index contributed by atoms with van der Waals surface area (Å²) in [5.41, 5.74) is 1.76. The van der Waals surface area contributed by atoms with Crippen molar-refractivity contribution < 1.29 is 24.5 Å². The molecule has 0 saturated carbocycles. The van der Waals surface area contributed by atoms with Crippen LogP contribution in [0, 0.1) is 17.8 Å². The van der Waals surface area contributed by atoms with Gasteiger partial charge < -0.3 is 20.3 Å². The van der Waals surface area contributed by atoms with Gasteiger partial charge in [0.25, 0.3) is 0 Å². The fourth-order valence-corrected chi connectivity index (χ4v) is 2.46. The Hall–Kier alpha value is -3.28. The summed E-state index contributed by atoms with van der Waals surface area (Å²) in [5, 5.41) is 21.1. The van der Waals surface area contributed by atoms with Crippen LogP contribution in [0.25, 0.3) is 0 Å². The summed E-state index contributed by atoms with van der Waals surface area (Å²) >= 11 is 0. The second-order valence-electron chi connectivity index (χ2n) is 10.1. The SMILES string of the molecule is C=C.CC(C)C.CC(C)CNC(=O)C(C)c1ccc(O)cc1.CC(C)COC(=O)Cc1ccc(O)cc1. The summed E-state index contributed by atoms with van der Waals surface area (Å²) in [7, 11) is 0. The van der Waals surface area contributed by atoms with Crippen molar-refractivity contribution in [1.82, 2.24) is 5.32 Å². The van der Waals surface area contributed by atoms with E-state index in [9.17, 15) is 9.59 Å². The molecule has 0 aliphatic carbocycles. The summed E-state index contributed by atoms with van der Waals surface area (Å²) in [6.07, 6.45) is 0.257. The minimum Gasteiger partial charge on any atom is -0.508 e. The van der Waals surface area contributed by atoms with Crippen molar-refractivity contribution in [3.8, 4) is 11.5 Å². The molecule has 0 saturated heterocycles. The normalized spacial score (nSPS) is 10.7. The summed E-state index contributed by atoms with van der Waals surface area (Å²) in [6.45, 7) is 23.6. The van der Waals surface area contributed by atoms with Crippen LogP contribution < -0.4 is 5.32 Å². The minimum absolute atomic E-state index is 0.0272. The predicted molar refractivity (Wildman–Crippen MR) is 154 cm³/mol. The van der Waals surface area contributed by atoms with E-state index in [1.165, 1.54) is 0 Å². The third kappa shape index (κ3) is 20.6. The van der Waals surface area contributed by atoms with E-state index in [2.05, 4.69) is 53.1 Å². The quantitative estimate of drug-likeness (QED) is 0.263. The molecule has 2 rings (SSSR count). The van der Waals surface area contributed by atoms with Crippen LogP contribution in [0.3, 0.4) is 0 Å². The fraction of sp³-hybridized carbons (Fsp3) is 0.484. The molecule has 0 aliphatic rings. The summed E-state index contributed by atoms with van der Waals surface area (Å²) in [4.78, 5) is 23.1. The van der Waals surface area contributed by atoms with Crippen LogP contribution in [0.15, 0.2) is 61.7 Å². The Morgan fingerprint density at radius 1 is 0.784 bits per heavy atom. The van der Waals surface area contributed by atoms with Gasteiger partial charge in [-0.15, -0.1) is 13.2 Å². The number of nitrogens with one attached hydrogen (secondary N) is 1. The molecular formula is C31H49NO5. The zero-order valence-corrected chi connectivity index (χ0v) is 24.1. The van der Waals surface area contributed by atoms with Gasteiger partial charge in [-0.25, -0.2) is 0 Å². The zero-order valence-electron chi connectivity index (χ0n) is 24.1. The second-order valence-corrected chi connectivity index (χ2v) is 10.1. The van der Waals surface area contributed by atoms with Gasteiger partial charge in [0.15, 0.2) is 0 Å². The van der Waals surface area contributed by atoms with Crippen LogP contribution in [0.4, 0.5) is 0 Å². The first-order valence-electron chi connectivity index (χ1n) is 12.8. The molecular weight excluding hydrogens is 466 g/mol. The van der Waals surface area contributed by atoms with Crippen molar-refractivity contribution >= 4 is 11.9 Å². The average Bonchev–Trinajstić information content (AvgIpc) is 2.84. The molecule has 1 unspecified atom stereocenters. The molecule has 0 fully saturated rings. The maximum Gasteiger partial charge on any atom is 0.310 e. The maximum atomic E-state index is 11.8. The van der Waals surface area contributed by atoms with Crippen molar-refractivity contribution in [2.75, 3.05) is 13.2 Å². The van der Waals surface area contributed by atoms with Crippen LogP contribution in [0.5, 0.6) is 11.5 Å². The molecule has 6 nitrogen and oxygen atoms in total. The number of carbonyl (C=O) groups is 2. The first kappa shape index (κ1) is 35.9. The van der Waals surface area contributed by atoms with Gasteiger partial charge in [0, 0.05) is 6.54 Å². The highest BCUT2D eigenvalue weighted by Crippen LogP contribution is 2.18. The van der Waals surface area contributed by atoms with Crippen molar-refractivity contribution in [1.29, 1.82) is 0 Å². The maximum absolute atomic E-state index is 11.8. The third-order valence-corrected chi connectivity index (χ3v) is 4.33. The van der Waals surface area contributed by atoms with Gasteiger partial charge in [-0.3, -0.25) is 9.59 Å². The van der Waals surface area contributed by atoms with E-state index in [1.54, 1.807) is 48.5 Å². The number of phenols is 2. The van der Waals surface area contributed by atoms with Gasteiger partial charge >= 0.3 is 5.97 Å². The monoisotopic (exact) mass is 515 g/mol. The number of amides is 1. The van der Waals surface area contributed by atoms with Crippen LogP contribution >= 0.6 is 0 Å². The molecule has 3 N–H and O–H groups in total. The highest BCUT2D eigenvalue weighted by molar-refractivity contribution is 5.83. The zero-order chi connectivity index (χ0) is 29.0. The molecule has 37 heavy (non-hydrogen) atoms. The molecule has 2 aromatic carbocycles. The van der Waals surface area contributed by atoms with Crippen LogP contribution in [-0.2, 0) is 20.7 Å². The van der Waals surface area contributed by atoms with Crippen LogP contribution in [0.2, 0.25) is 0 Å². The number of aromatic hydroxyl groups is 2. The van der Waals surface area contributed by atoms with Crippen molar-refractivity contribution in [2.45, 2.75) is 67.7 Å². The second kappa shape index (κ2) is 20.9. The van der Waals surface area contributed by atoms with Crippen molar-refractivity contribution in [2.24, 2.45) is 17.8 Å². The van der Waals surface area contributed by atoms with Crippen molar-refractivity contribution in [3.63, 3.8) is 0 Å². The highest BCUT2D eigenvalue weighted by atomic mass is 16.5. The first-order chi connectivity index (χ1) is 17.3. The highest BCUT2D eigenvalue weighted by Gasteiger charge is 2.14. The topological polar surface area (TPSA) is 95.9 Å². The number of phenolic OH excluding ortho intramolecular Hbond substituents is 2. The average molecular weight is 516 g/mol. The summed E-state index contributed by atoms with van der Waals surface area (Å²) in [5.74, 6) is 1.69. The lowest BCUT2D eigenvalue weighted by atomic mass is 10.00. The molecule has 1 atom stereocenters. The molecule has 0 radical (unpaired) electrons. The van der Waals surface area contributed by atoms with Gasteiger partial charge in [-0.2, -0.15) is 0 Å². The number of ether oxygens (including phenoxy) is 1. The van der Waals surface area contributed by atoms with E-state index in [-0.39, 0.29) is 35.7 Å². The number of esters is 1. The first-order valence-corrected chi connectivity index (χ1v) is 12.8. The number of hydrogen-bond acceptors (Lipinski definition) is 5. The summed E-state index contributed by atoms with van der Waals surface area (Å²) in [6, 6.07) is 13.3. The van der Waals surface area contributed by atoms with Crippen LogP contribution in [0.1, 0.15) is 72.4 Å². The van der Waals surface area contributed by atoms with Crippen molar-refractivity contribution in [3.05, 3.63) is 72.8 Å². The Labute approximate surface area is 224 Å². The molecule has 0 bridgehead atoms. The molecule has 1 amide bonds. The van der Waals surface area contributed by atoms with E-state index in [0.717, 1.165) is 17.0 Å². The van der Waals surface area contributed by atoms with Gasteiger partial charge in [0.1, 0.15) is 11.5 Å². The minimum atomic E-state index is -0.227. The van der Waals surface area contributed by atoms with Gasteiger partial charge in [0.2, 0.25) is 5.91 Å². The lowest BCUT2D eigenvalue weighted by Gasteiger charge is -2.13. The smallest absolute Gasteiger partial charge is 0.310 e. The molecule has 208 valence electrons. The Kier molecular flexibility index (Phi) is 20.2. The van der Waals surface area contributed by atoms with E-state index < -0.39 is 0 Å². The summed E-state index contributed by atoms with van der Waals surface area (Å²) < 4.78 is 5.04. The number of rotatable bonds is 8. The van der Waals surface area contributed by atoms with Gasteiger partial charge in [-0.05, 0) is 60.1 Å². The molecule has 0 heterocycles. The van der Waals surface area contributed by atoms with E-state index in [0.29, 0.717) is 25.0 Å². The van der Waals surface area contributed by atoms with E-state index in [1.807, 2.05) is 20.8 Å². The van der Waals surface area contributed by atoms with Crippen LogP contribution in [-0.4, -0.2) is 35.2 Å². The number of benzene rings is 2. The van der Waals surface area contributed by atoms with E-state index >= 15 is 0 Å². The molecule has 0 aliphatic heterocycles. The molecule has 2 aromatic rings. The fourth-order valence-electron chi connectivity index (χ4n) is 2.46. The Balaban J connectivity index is 0. The molecule has 6 heteroatoms. The van der Waals surface area contributed by atoms with E-state index in [4.69, 9.17) is 14.9 Å². The Morgan fingerprint density at radius 2 is 1.22 bits per heavy atom. The Bertz CT molecular complexity index is 855. The van der Waals surface area contributed by atoms with Gasteiger partial charge in [0.05, 0.1) is 18.9 Å². The Morgan fingerprint density at radius 3 is 1.62 bits per heavy atom. The number of hydrogen-bond donors (Lipinski definition) is 3. The molecule has 0 spiro atoms. The predicted octanol–water partition coefficient (Wildman–Crippen LogP) is 6.87. The van der Waals surface area contributed by atoms with Gasteiger partial charge in [-0.1, -0.05) is 72.7 Å². The lowest BCUT2D eigenvalue weighted by Crippen LogP contribution is -2.31. The number of carbonyl (C=O) groups excluding carboxylic acids is 2. The molecule has 0 aromatic heterocycles.